The third-order valence-electron chi connectivity index (χ3n) is 3.27. The summed E-state index contributed by atoms with van der Waals surface area (Å²) in [5.74, 6) is -0.958. The Morgan fingerprint density at radius 2 is 1.70 bits per heavy atom. The summed E-state index contributed by atoms with van der Waals surface area (Å²) in [5.41, 5.74) is 0.499. The quantitative estimate of drug-likeness (QED) is 0.174. The molecule has 4 nitrogen and oxygen atoms in total. The van der Waals surface area contributed by atoms with E-state index in [9.17, 15) is 9.59 Å². The number of carbonyl (C=O) groups is 2. The van der Waals surface area contributed by atoms with E-state index in [-0.39, 0.29) is 11.4 Å². The summed E-state index contributed by atoms with van der Waals surface area (Å²) in [4.78, 5) is 26.5. The van der Waals surface area contributed by atoms with Crippen LogP contribution in [0.25, 0.3) is 0 Å². The molecule has 0 N–H and O–H groups in total. The van der Waals surface area contributed by atoms with Crippen molar-refractivity contribution in [1.82, 2.24) is 4.90 Å². The molecule has 0 atom stereocenters. The van der Waals surface area contributed by atoms with E-state index in [1.165, 1.54) is 13.2 Å². The van der Waals surface area contributed by atoms with Gasteiger partial charge in [-0.2, -0.15) is 0 Å². The van der Waals surface area contributed by atoms with Crippen LogP contribution >= 0.6 is 0 Å². The average molecular weight is 315 g/mol. The second kappa shape index (κ2) is 10.4. The van der Waals surface area contributed by atoms with Gasteiger partial charge in [0.25, 0.3) is 0 Å². The van der Waals surface area contributed by atoms with Crippen molar-refractivity contribution in [3.63, 3.8) is 0 Å². The van der Waals surface area contributed by atoms with E-state index in [2.05, 4.69) is 18.7 Å². The van der Waals surface area contributed by atoms with E-state index in [1.807, 2.05) is 12.3 Å². The number of hydrogen-bond donors (Lipinski definition) is 0. The molecule has 0 unspecified atom stereocenters. The SMILES string of the molecule is CCCN(/C=C/C=C(/C(=O)OC)C(=O)c1ccccc1)CCC. The Morgan fingerprint density at radius 3 is 2.22 bits per heavy atom. The fourth-order valence-electron chi connectivity index (χ4n) is 2.19. The lowest BCUT2D eigenvalue weighted by Crippen LogP contribution is -2.19. The predicted molar refractivity (Wildman–Crippen MR) is 92.2 cm³/mol. The van der Waals surface area contributed by atoms with Gasteiger partial charge in [0.15, 0.2) is 5.78 Å². The van der Waals surface area contributed by atoms with Gasteiger partial charge in [0.2, 0.25) is 0 Å². The molecule has 0 saturated carbocycles. The van der Waals surface area contributed by atoms with E-state index >= 15 is 0 Å². The molecule has 0 aliphatic heterocycles. The molecule has 0 heterocycles. The van der Waals surface area contributed by atoms with Gasteiger partial charge in [-0.25, -0.2) is 4.79 Å². The van der Waals surface area contributed by atoms with Crippen LogP contribution in [0.2, 0.25) is 0 Å². The zero-order valence-electron chi connectivity index (χ0n) is 14.1. The van der Waals surface area contributed by atoms with Crippen LogP contribution < -0.4 is 0 Å². The topological polar surface area (TPSA) is 46.6 Å². The normalized spacial score (nSPS) is 11.5. The van der Waals surface area contributed by atoms with Crippen molar-refractivity contribution in [3.8, 4) is 0 Å². The molecular formula is C19H25NO3. The Labute approximate surface area is 138 Å². The first-order valence-electron chi connectivity index (χ1n) is 7.94. The van der Waals surface area contributed by atoms with Gasteiger partial charge in [-0.3, -0.25) is 4.79 Å². The van der Waals surface area contributed by atoms with Crippen LogP contribution in [0.15, 0.2) is 54.3 Å². The summed E-state index contributed by atoms with van der Waals surface area (Å²) in [6.45, 7) is 6.12. The van der Waals surface area contributed by atoms with Crippen LogP contribution in [0, 0.1) is 0 Å². The van der Waals surface area contributed by atoms with Crippen molar-refractivity contribution >= 4 is 11.8 Å². The van der Waals surface area contributed by atoms with Crippen LogP contribution in [0.5, 0.6) is 0 Å². The smallest absolute Gasteiger partial charge is 0.341 e. The van der Waals surface area contributed by atoms with Crippen molar-refractivity contribution in [1.29, 1.82) is 0 Å². The highest BCUT2D eigenvalue weighted by atomic mass is 16.5. The summed E-state index contributed by atoms with van der Waals surface area (Å²) in [7, 11) is 1.28. The number of esters is 1. The van der Waals surface area contributed by atoms with E-state index in [0.29, 0.717) is 5.56 Å². The summed E-state index contributed by atoms with van der Waals surface area (Å²) in [6.07, 6.45) is 7.26. The highest BCUT2D eigenvalue weighted by Gasteiger charge is 2.19. The molecule has 0 aliphatic rings. The van der Waals surface area contributed by atoms with Crippen molar-refractivity contribution in [3.05, 3.63) is 59.8 Å². The lowest BCUT2D eigenvalue weighted by atomic mass is 10.0. The van der Waals surface area contributed by atoms with E-state index in [0.717, 1.165) is 25.9 Å². The van der Waals surface area contributed by atoms with Gasteiger partial charge in [0, 0.05) is 18.7 Å². The number of carbonyl (C=O) groups excluding carboxylic acids is 2. The molecule has 0 bridgehead atoms. The maximum Gasteiger partial charge on any atom is 0.341 e. The Balaban J connectivity index is 2.97. The first-order chi connectivity index (χ1) is 11.1. The minimum absolute atomic E-state index is 0.0305. The lowest BCUT2D eigenvalue weighted by molar-refractivity contribution is -0.135. The molecule has 124 valence electrons. The molecule has 1 aromatic rings. The molecule has 1 rings (SSSR count). The number of benzene rings is 1. The number of hydrogen-bond acceptors (Lipinski definition) is 4. The number of ketones is 1. The summed E-state index contributed by atoms with van der Waals surface area (Å²) < 4.78 is 4.73. The minimum Gasteiger partial charge on any atom is -0.465 e. The summed E-state index contributed by atoms with van der Waals surface area (Å²) in [5, 5.41) is 0. The van der Waals surface area contributed by atoms with Crippen LogP contribution in [-0.2, 0) is 9.53 Å². The molecular weight excluding hydrogens is 290 g/mol. The predicted octanol–water partition coefficient (Wildman–Crippen LogP) is 3.60. The highest BCUT2D eigenvalue weighted by Crippen LogP contribution is 2.10. The molecule has 0 radical (unpaired) electrons. The fourth-order valence-corrected chi connectivity index (χ4v) is 2.19. The molecule has 1 aromatic carbocycles. The van der Waals surface area contributed by atoms with Gasteiger partial charge in [-0.05, 0) is 31.2 Å². The largest absolute Gasteiger partial charge is 0.465 e. The second-order valence-corrected chi connectivity index (χ2v) is 5.14. The van der Waals surface area contributed by atoms with Crippen LogP contribution in [0.4, 0.5) is 0 Å². The first-order valence-corrected chi connectivity index (χ1v) is 7.94. The summed E-state index contributed by atoms with van der Waals surface area (Å²) in [6, 6.07) is 8.72. The molecule has 4 heteroatoms. The molecule has 0 fully saturated rings. The summed E-state index contributed by atoms with van der Waals surface area (Å²) >= 11 is 0. The van der Waals surface area contributed by atoms with Gasteiger partial charge >= 0.3 is 5.97 Å². The van der Waals surface area contributed by atoms with Crippen molar-refractivity contribution in [2.45, 2.75) is 26.7 Å². The van der Waals surface area contributed by atoms with Crippen molar-refractivity contribution < 1.29 is 14.3 Å². The molecule has 0 amide bonds. The van der Waals surface area contributed by atoms with Gasteiger partial charge < -0.3 is 9.64 Å². The first kappa shape index (κ1) is 18.7. The highest BCUT2D eigenvalue weighted by molar-refractivity contribution is 6.24. The van der Waals surface area contributed by atoms with E-state index in [4.69, 9.17) is 4.74 Å². The van der Waals surface area contributed by atoms with Crippen LogP contribution in [0.1, 0.15) is 37.0 Å². The Hall–Kier alpha value is -2.36. The van der Waals surface area contributed by atoms with Gasteiger partial charge in [-0.1, -0.05) is 44.2 Å². The Kier molecular flexibility index (Phi) is 8.43. The Bertz CT molecular complexity index is 555. The number of Topliss-reactive ketones (excluding diaryl/α,β-unsaturated/α-hetero) is 1. The van der Waals surface area contributed by atoms with E-state index < -0.39 is 5.97 Å². The maximum atomic E-state index is 12.5. The van der Waals surface area contributed by atoms with Crippen LogP contribution in [-0.4, -0.2) is 36.9 Å². The number of ether oxygens (including phenoxy) is 1. The van der Waals surface area contributed by atoms with Crippen molar-refractivity contribution in [2.75, 3.05) is 20.2 Å². The second-order valence-electron chi connectivity index (χ2n) is 5.14. The van der Waals surface area contributed by atoms with E-state index in [1.54, 1.807) is 30.3 Å². The standard InChI is InChI=1S/C19H25NO3/c1-4-13-20(14-5-2)15-9-12-17(19(22)23-3)18(21)16-10-7-6-8-11-16/h6-12,15H,4-5,13-14H2,1-3H3/b15-9+,17-12+. The third kappa shape index (κ3) is 6.10. The zero-order valence-corrected chi connectivity index (χ0v) is 14.1. The number of nitrogens with zero attached hydrogens (tertiary/aromatic N) is 1. The van der Waals surface area contributed by atoms with Gasteiger partial charge in [-0.15, -0.1) is 0 Å². The number of rotatable bonds is 9. The lowest BCUT2D eigenvalue weighted by Gasteiger charge is -2.18. The number of methoxy groups -OCH3 is 1. The maximum absolute atomic E-state index is 12.5. The zero-order chi connectivity index (χ0) is 17.1. The van der Waals surface area contributed by atoms with Crippen LogP contribution in [0.3, 0.4) is 0 Å². The molecule has 0 aromatic heterocycles. The minimum atomic E-state index is -0.624. The molecule has 23 heavy (non-hydrogen) atoms. The third-order valence-corrected chi connectivity index (χ3v) is 3.27. The monoisotopic (exact) mass is 315 g/mol. The van der Waals surface area contributed by atoms with Gasteiger partial charge in [0.05, 0.1) is 7.11 Å². The molecule has 0 saturated heterocycles. The Morgan fingerprint density at radius 1 is 1.09 bits per heavy atom. The van der Waals surface area contributed by atoms with Crippen molar-refractivity contribution in [2.24, 2.45) is 0 Å². The average Bonchev–Trinajstić information content (AvgIpc) is 2.58. The molecule has 0 aliphatic carbocycles. The number of allylic oxidation sites excluding steroid dienone is 2. The fraction of sp³-hybridized carbons (Fsp3) is 0.368. The molecule has 0 spiro atoms. The van der Waals surface area contributed by atoms with Gasteiger partial charge in [0.1, 0.15) is 5.57 Å².